The zero-order valence-electron chi connectivity index (χ0n) is 12.4. The van der Waals surface area contributed by atoms with E-state index in [0.717, 1.165) is 17.9 Å². The molecule has 0 bridgehead atoms. The van der Waals surface area contributed by atoms with Gasteiger partial charge in [0, 0.05) is 25.9 Å². The Kier molecular flexibility index (Phi) is 3.86. The number of nitrogens with zero attached hydrogens (tertiary/aromatic N) is 5. The van der Waals surface area contributed by atoms with Crippen LogP contribution in [0.3, 0.4) is 0 Å². The van der Waals surface area contributed by atoms with Gasteiger partial charge in [-0.2, -0.15) is 10.4 Å². The number of anilines is 1. The first-order chi connectivity index (χ1) is 10.6. The van der Waals surface area contributed by atoms with Crippen LogP contribution in [0.25, 0.3) is 0 Å². The van der Waals surface area contributed by atoms with Gasteiger partial charge in [-0.15, -0.1) is 0 Å². The van der Waals surface area contributed by atoms with E-state index in [9.17, 15) is 4.79 Å². The molecule has 0 radical (unpaired) electrons. The third kappa shape index (κ3) is 2.70. The van der Waals surface area contributed by atoms with Crippen LogP contribution in [0.5, 0.6) is 0 Å². The molecule has 1 fully saturated rings. The number of amides is 1. The zero-order chi connectivity index (χ0) is 15.7. The number of aromatic nitrogens is 3. The monoisotopic (exact) mass is 313 g/mol. The van der Waals surface area contributed by atoms with Crippen molar-refractivity contribution in [3.63, 3.8) is 0 Å². The van der Waals surface area contributed by atoms with Gasteiger partial charge in [0.25, 0.3) is 0 Å². The number of carbonyl (C=O) groups excluding carboxylic acids is 1. The summed E-state index contributed by atoms with van der Waals surface area (Å²) in [6, 6.07) is 7.38. The van der Waals surface area contributed by atoms with Crippen molar-refractivity contribution in [2.45, 2.75) is 23.6 Å². The third-order valence-electron chi connectivity index (χ3n) is 3.54. The molecule has 2 aromatic rings. The van der Waals surface area contributed by atoms with E-state index < -0.39 is 0 Å². The normalized spacial score (nSPS) is 17.8. The van der Waals surface area contributed by atoms with Crippen molar-refractivity contribution < 1.29 is 4.79 Å². The van der Waals surface area contributed by atoms with E-state index in [1.807, 2.05) is 20.0 Å². The van der Waals surface area contributed by atoms with E-state index in [4.69, 9.17) is 5.26 Å². The minimum atomic E-state index is -0.170. The predicted octanol–water partition coefficient (Wildman–Crippen LogP) is 1.89. The lowest BCUT2D eigenvalue weighted by Crippen LogP contribution is -2.29. The van der Waals surface area contributed by atoms with Crippen molar-refractivity contribution in [1.29, 1.82) is 5.26 Å². The van der Waals surface area contributed by atoms with Crippen molar-refractivity contribution in [3.8, 4) is 6.07 Å². The number of nitriles is 1. The quantitative estimate of drug-likeness (QED) is 0.865. The van der Waals surface area contributed by atoms with Crippen molar-refractivity contribution in [2.24, 2.45) is 7.05 Å². The molecule has 6 nitrogen and oxygen atoms in total. The molecule has 0 saturated carbocycles. The van der Waals surface area contributed by atoms with Gasteiger partial charge in [-0.1, -0.05) is 11.8 Å². The molecule has 22 heavy (non-hydrogen) atoms. The summed E-state index contributed by atoms with van der Waals surface area (Å²) < 4.78 is 1.73. The van der Waals surface area contributed by atoms with Gasteiger partial charge >= 0.3 is 0 Å². The first-order valence-electron chi connectivity index (χ1n) is 6.93. The van der Waals surface area contributed by atoms with Gasteiger partial charge in [0.05, 0.1) is 27.6 Å². The highest BCUT2D eigenvalue weighted by Crippen LogP contribution is 2.32. The van der Waals surface area contributed by atoms with Crippen molar-refractivity contribution in [1.82, 2.24) is 14.8 Å². The maximum atomic E-state index is 12.6. The van der Waals surface area contributed by atoms with Crippen LogP contribution in [0.15, 0.2) is 29.4 Å². The molecule has 3 rings (SSSR count). The lowest BCUT2D eigenvalue weighted by molar-refractivity contribution is -0.116. The maximum absolute atomic E-state index is 12.6. The first-order valence-corrected chi connectivity index (χ1v) is 7.81. The molecule has 1 saturated heterocycles. The molecule has 0 aliphatic carbocycles. The zero-order valence-corrected chi connectivity index (χ0v) is 13.2. The molecule has 3 heterocycles. The van der Waals surface area contributed by atoms with Gasteiger partial charge in [0.2, 0.25) is 5.91 Å². The summed E-state index contributed by atoms with van der Waals surface area (Å²) in [5.41, 5.74) is 1.45. The summed E-state index contributed by atoms with van der Waals surface area (Å²) in [5.74, 6) is 0.890. The minimum Gasteiger partial charge on any atom is -0.296 e. The van der Waals surface area contributed by atoms with E-state index >= 15 is 0 Å². The molecule has 7 heteroatoms. The number of hydrogen-bond acceptors (Lipinski definition) is 5. The number of aryl methyl sites for hydroxylation is 2. The van der Waals surface area contributed by atoms with E-state index in [2.05, 4.69) is 16.2 Å². The van der Waals surface area contributed by atoms with E-state index in [1.54, 1.807) is 27.9 Å². The van der Waals surface area contributed by atoms with Gasteiger partial charge in [-0.05, 0) is 25.5 Å². The molecule has 0 unspecified atom stereocenters. The summed E-state index contributed by atoms with van der Waals surface area (Å²) in [5, 5.41) is 13.8. The Morgan fingerprint density at radius 1 is 1.45 bits per heavy atom. The number of pyridine rings is 1. The fraction of sp³-hybridized carbons (Fsp3) is 0.333. The van der Waals surface area contributed by atoms with Crippen molar-refractivity contribution in [3.05, 3.63) is 35.7 Å². The Hall–Kier alpha value is -2.33. The Bertz CT molecular complexity index is 764. The lowest BCUT2D eigenvalue weighted by atomic mass is 10.3. The second-order valence-electron chi connectivity index (χ2n) is 5.15. The number of hydrogen-bond donors (Lipinski definition) is 0. The van der Waals surface area contributed by atoms with Crippen molar-refractivity contribution >= 4 is 23.5 Å². The van der Waals surface area contributed by atoms with E-state index in [1.165, 1.54) is 11.8 Å². The predicted molar refractivity (Wildman–Crippen MR) is 83.5 cm³/mol. The highest BCUT2D eigenvalue weighted by atomic mass is 32.2. The van der Waals surface area contributed by atoms with E-state index in [0.29, 0.717) is 17.1 Å². The highest BCUT2D eigenvalue weighted by Gasteiger charge is 2.35. The number of thioether (sulfide) groups is 1. The fourth-order valence-electron chi connectivity index (χ4n) is 2.53. The summed E-state index contributed by atoms with van der Waals surface area (Å²) in [7, 11) is 1.84. The molecule has 0 aromatic carbocycles. The Labute approximate surface area is 132 Å². The van der Waals surface area contributed by atoms with Crippen LogP contribution in [-0.4, -0.2) is 32.5 Å². The van der Waals surface area contributed by atoms with E-state index in [-0.39, 0.29) is 11.2 Å². The Morgan fingerprint density at radius 3 is 2.95 bits per heavy atom. The minimum absolute atomic E-state index is 0.0668. The molecule has 0 spiro atoms. The smallest absolute Gasteiger partial charge is 0.241 e. The standard InChI is InChI=1S/C15H15N5OS/c1-10-7-14(19(2)18-10)20-6-4-12(15(20)21)22-13-8-11(9-16)3-5-17-13/h3,5,7-8,12H,4,6H2,1-2H3/t12-/m0/s1. The van der Waals surface area contributed by atoms with Crippen LogP contribution in [0.4, 0.5) is 5.82 Å². The van der Waals surface area contributed by atoms with Gasteiger partial charge in [-0.3, -0.25) is 14.4 Å². The van der Waals surface area contributed by atoms with Gasteiger partial charge < -0.3 is 0 Å². The van der Waals surface area contributed by atoms with Gasteiger partial charge in [0.15, 0.2) is 0 Å². The second kappa shape index (κ2) is 5.81. The molecule has 2 aromatic heterocycles. The SMILES string of the molecule is Cc1cc(N2CC[C@H](Sc3cc(C#N)ccn3)C2=O)n(C)n1. The van der Waals surface area contributed by atoms with Crippen molar-refractivity contribution in [2.75, 3.05) is 11.4 Å². The number of rotatable bonds is 3. The topological polar surface area (TPSA) is 74.8 Å². The maximum Gasteiger partial charge on any atom is 0.241 e. The summed E-state index contributed by atoms with van der Waals surface area (Å²) in [6.07, 6.45) is 2.36. The summed E-state index contributed by atoms with van der Waals surface area (Å²) in [6.45, 7) is 2.58. The summed E-state index contributed by atoms with van der Waals surface area (Å²) >= 11 is 1.42. The molecule has 1 amide bonds. The van der Waals surface area contributed by atoms with Crippen LogP contribution in [-0.2, 0) is 11.8 Å². The number of carbonyl (C=O) groups is 1. The molecule has 1 atom stereocenters. The Balaban J connectivity index is 1.76. The molecule has 0 N–H and O–H groups in total. The van der Waals surface area contributed by atoms with Gasteiger partial charge in [-0.25, -0.2) is 4.98 Å². The van der Waals surface area contributed by atoms with Crippen LogP contribution < -0.4 is 4.90 Å². The average Bonchev–Trinajstić information content (AvgIpc) is 3.02. The van der Waals surface area contributed by atoms with Crippen LogP contribution in [0.2, 0.25) is 0 Å². The highest BCUT2D eigenvalue weighted by molar-refractivity contribution is 8.00. The second-order valence-corrected chi connectivity index (χ2v) is 6.37. The van der Waals surface area contributed by atoms with Crippen LogP contribution in [0, 0.1) is 18.3 Å². The lowest BCUT2D eigenvalue weighted by Gasteiger charge is -2.16. The van der Waals surface area contributed by atoms with Crippen LogP contribution >= 0.6 is 11.8 Å². The fourth-order valence-corrected chi connectivity index (χ4v) is 3.59. The third-order valence-corrected chi connectivity index (χ3v) is 4.72. The Morgan fingerprint density at radius 2 is 2.27 bits per heavy atom. The summed E-state index contributed by atoms with van der Waals surface area (Å²) in [4.78, 5) is 18.6. The van der Waals surface area contributed by atoms with Crippen LogP contribution in [0.1, 0.15) is 17.7 Å². The molecular weight excluding hydrogens is 298 g/mol. The van der Waals surface area contributed by atoms with Gasteiger partial charge in [0.1, 0.15) is 5.82 Å². The molecule has 1 aliphatic rings. The molecule has 1 aliphatic heterocycles. The largest absolute Gasteiger partial charge is 0.296 e. The first kappa shape index (κ1) is 14.6. The molecular formula is C15H15N5OS. The average molecular weight is 313 g/mol. The molecule has 112 valence electrons.